The number of alkyl halides is 1. The first-order valence-corrected chi connectivity index (χ1v) is 14.8. The van der Waals surface area contributed by atoms with Gasteiger partial charge in [-0.2, -0.15) is 4.98 Å². The molecular weight excluding hydrogens is 507 g/mol. The van der Waals surface area contributed by atoms with E-state index in [-0.39, 0.29) is 24.0 Å². The van der Waals surface area contributed by atoms with Crippen molar-refractivity contribution in [2.45, 2.75) is 40.0 Å². The Labute approximate surface area is 223 Å². The number of hydrogen-bond acceptors (Lipinski definition) is 9. The second-order valence-electron chi connectivity index (χ2n) is 11.2. The lowest BCUT2D eigenvalue weighted by atomic mass is 9.80. The molecule has 2 fully saturated rings. The van der Waals surface area contributed by atoms with Crippen LogP contribution in [-0.4, -0.2) is 78.4 Å². The van der Waals surface area contributed by atoms with Gasteiger partial charge in [0.05, 0.1) is 18.4 Å². The van der Waals surface area contributed by atoms with Crippen LogP contribution in [0.1, 0.15) is 26.3 Å². The molecule has 4 heterocycles. The summed E-state index contributed by atoms with van der Waals surface area (Å²) in [4.78, 5) is 17.5. The third kappa shape index (κ3) is 5.26. The van der Waals surface area contributed by atoms with E-state index >= 15 is 0 Å². The Morgan fingerprint density at radius 1 is 1.11 bits per heavy atom. The van der Waals surface area contributed by atoms with E-state index in [1.165, 1.54) is 0 Å². The van der Waals surface area contributed by atoms with Crippen molar-refractivity contribution in [2.75, 3.05) is 52.8 Å². The van der Waals surface area contributed by atoms with E-state index in [4.69, 9.17) is 0 Å². The molecule has 0 spiro atoms. The number of hydrogen-bond donors (Lipinski definition) is 2. The zero-order valence-electron chi connectivity index (χ0n) is 22.2. The number of rotatable bonds is 7. The quantitative estimate of drug-likeness (QED) is 0.463. The number of aliphatic hydroxyl groups excluding tert-OH is 1. The molecule has 0 amide bonds. The van der Waals surface area contributed by atoms with Crippen molar-refractivity contribution in [3.8, 4) is 0 Å². The lowest BCUT2D eigenvalue weighted by Gasteiger charge is -2.43. The molecule has 3 aromatic rings. The first-order valence-electron chi connectivity index (χ1n) is 13.0. The fraction of sp³-hybridized carbons (Fsp3) is 0.519. The highest BCUT2D eigenvalue weighted by Gasteiger charge is 2.42. The molecular formula is C27H35FN6O3S. The summed E-state index contributed by atoms with van der Waals surface area (Å²) in [5, 5.41) is 15.5. The van der Waals surface area contributed by atoms with Crippen LogP contribution in [0, 0.1) is 18.3 Å². The van der Waals surface area contributed by atoms with Crippen molar-refractivity contribution in [1.82, 2.24) is 15.0 Å². The number of nitrogens with zero attached hydrogens (tertiary/aromatic N) is 5. The number of nitrogens with one attached hydrogen (secondary N) is 1. The maximum Gasteiger partial charge on any atom is 0.227 e. The summed E-state index contributed by atoms with van der Waals surface area (Å²) in [6, 6.07) is 7.86. The van der Waals surface area contributed by atoms with Crippen molar-refractivity contribution in [2.24, 2.45) is 11.3 Å². The average molecular weight is 543 g/mol. The number of aliphatic hydroxyl groups is 1. The largest absolute Gasteiger partial charge is 0.389 e. The second kappa shape index (κ2) is 9.92. The average Bonchev–Trinajstić information content (AvgIpc) is 2.85. The summed E-state index contributed by atoms with van der Waals surface area (Å²) in [6.07, 6.45) is 1.05. The van der Waals surface area contributed by atoms with Gasteiger partial charge in [-0.1, -0.05) is 26.8 Å². The van der Waals surface area contributed by atoms with Crippen LogP contribution in [0.4, 0.5) is 27.7 Å². The Morgan fingerprint density at radius 2 is 1.87 bits per heavy atom. The Bertz CT molecular complexity index is 1440. The van der Waals surface area contributed by atoms with Crippen molar-refractivity contribution in [3.05, 3.63) is 42.2 Å². The summed E-state index contributed by atoms with van der Waals surface area (Å²) < 4.78 is 38.4. The van der Waals surface area contributed by atoms with Crippen LogP contribution in [0.3, 0.4) is 0 Å². The highest BCUT2D eigenvalue weighted by atomic mass is 32.2. The summed E-state index contributed by atoms with van der Waals surface area (Å²) in [6.45, 7) is 9.31. The standard InChI is InChI=1S/C27H35FN6O3S/c1-5-38(36,37)15-18-12-33(13-18)22-7-6-17(2)19-10-24(30-11-20(19)22)31-23-8-9-29-26(32-23)34-14-21(28)25(35)27(3,4)16-34/h6-11,18,21,25,35H,5,12-16H2,1-4H3,(H,29,30,31,32)/t21-,25-/m0/s1. The Morgan fingerprint density at radius 3 is 2.58 bits per heavy atom. The molecule has 11 heteroatoms. The van der Waals surface area contributed by atoms with Gasteiger partial charge in [-0.15, -0.1) is 0 Å². The number of benzene rings is 1. The number of sulfone groups is 1. The van der Waals surface area contributed by atoms with E-state index in [0.717, 1.165) is 22.0 Å². The number of fused-ring (bicyclic) bond motifs is 1. The van der Waals surface area contributed by atoms with Gasteiger partial charge in [-0.25, -0.2) is 22.8 Å². The molecule has 9 nitrogen and oxygen atoms in total. The Kier molecular flexibility index (Phi) is 6.93. The summed E-state index contributed by atoms with van der Waals surface area (Å²) in [5.41, 5.74) is 1.53. The van der Waals surface area contributed by atoms with Gasteiger partial charge in [-0.3, -0.25) is 0 Å². The molecule has 5 rings (SSSR count). The molecule has 2 N–H and O–H groups in total. The molecule has 204 valence electrons. The predicted molar refractivity (Wildman–Crippen MR) is 149 cm³/mol. The van der Waals surface area contributed by atoms with Crippen LogP contribution in [0.5, 0.6) is 0 Å². The lowest BCUT2D eigenvalue weighted by molar-refractivity contribution is -0.0257. The number of pyridine rings is 1. The Balaban J connectivity index is 1.34. The SMILES string of the molecule is CCS(=O)(=O)CC1CN(c2ccc(C)c3cc(Nc4ccnc(N5C[C@H](F)[C@H](O)C(C)(C)C5)n4)ncc23)C1. The molecule has 0 radical (unpaired) electrons. The maximum absolute atomic E-state index is 14.5. The molecule has 2 aliphatic rings. The van der Waals surface area contributed by atoms with Crippen LogP contribution in [-0.2, 0) is 9.84 Å². The fourth-order valence-corrected chi connectivity index (χ4v) is 6.53. The van der Waals surface area contributed by atoms with Crippen LogP contribution >= 0.6 is 0 Å². The molecule has 0 aliphatic carbocycles. The van der Waals surface area contributed by atoms with Crippen molar-refractivity contribution in [3.63, 3.8) is 0 Å². The fourth-order valence-electron chi connectivity index (χ4n) is 5.37. The summed E-state index contributed by atoms with van der Waals surface area (Å²) in [7, 11) is -2.98. The van der Waals surface area contributed by atoms with E-state index in [0.29, 0.717) is 37.2 Å². The van der Waals surface area contributed by atoms with E-state index in [1.54, 1.807) is 24.1 Å². The Hall–Kier alpha value is -3.05. The first-order chi connectivity index (χ1) is 18.0. The maximum atomic E-state index is 14.5. The van der Waals surface area contributed by atoms with Gasteiger partial charge in [0.25, 0.3) is 0 Å². The first kappa shape index (κ1) is 26.6. The minimum Gasteiger partial charge on any atom is -0.389 e. The lowest BCUT2D eigenvalue weighted by Crippen LogP contribution is -2.55. The summed E-state index contributed by atoms with van der Waals surface area (Å²) in [5.74, 6) is 2.12. The number of piperidine rings is 1. The van der Waals surface area contributed by atoms with Gasteiger partial charge < -0.3 is 20.2 Å². The highest BCUT2D eigenvalue weighted by molar-refractivity contribution is 7.91. The van der Waals surface area contributed by atoms with E-state index in [9.17, 15) is 17.9 Å². The number of anilines is 4. The van der Waals surface area contributed by atoms with E-state index in [2.05, 4.69) is 37.3 Å². The summed E-state index contributed by atoms with van der Waals surface area (Å²) >= 11 is 0. The molecule has 2 saturated heterocycles. The monoisotopic (exact) mass is 542 g/mol. The van der Waals surface area contributed by atoms with E-state index in [1.807, 2.05) is 33.0 Å². The van der Waals surface area contributed by atoms with Gasteiger partial charge in [0.2, 0.25) is 5.95 Å². The third-order valence-electron chi connectivity index (χ3n) is 7.64. The number of aryl methyl sites for hydroxylation is 1. The van der Waals surface area contributed by atoms with Crippen molar-refractivity contribution < 1.29 is 17.9 Å². The predicted octanol–water partition coefficient (Wildman–Crippen LogP) is 3.49. The molecule has 2 aliphatic heterocycles. The topological polar surface area (TPSA) is 112 Å². The molecule has 2 aromatic heterocycles. The smallest absolute Gasteiger partial charge is 0.227 e. The van der Waals surface area contributed by atoms with Crippen LogP contribution in [0.15, 0.2) is 36.7 Å². The second-order valence-corrected chi connectivity index (χ2v) is 13.6. The highest BCUT2D eigenvalue weighted by Crippen LogP contribution is 2.35. The molecule has 38 heavy (non-hydrogen) atoms. The van der Waals surface area contributed by atoms with E-state index < -0.39 is 27.5 Å². The number of halogens is 1. The van der Waals surface area contributed by atoms with Crippen LogP contribution < -0.4 is 15.1 Å². The van der Waals surface area contributed by atoms with Gasteiger partial charge >= 0.3 is 0 Å². The van der Waals surface area contributed by atoms with Gasteiger partial charge in [0.15, 0.2) is 0 Å². The normalized spacial score (nSPS) is 21.9. The van der Waals surface area contributed by atoms with Gasteiger partial charge in [-0.05, 0) is 36.1 Å². The molecule has 0 unspecified atom stereocenters. The zero-order chi connectivity index (χ0) is 27.2. The van der Waals surface area contributed by atoms with Gasteiger partial charge in [0, 0.05) is 60.2 Å². The van der Waals surface area contributed by atoms with Crippen LogP contribution in [0.2, 0.25) is 0 Å². The number of aromatic nitrogens is 3. The van der Waals surface area contributed by atoms with Crippen molar-refractivity contribution >= 4 is 43.9 Å². The molecule has 0 bridgehead atoms. The molecule has 1 aromatic carbocycles. The zero-order valence-corrected chi connectivity index (χ0v) is 23.0. The minimum atomic E-state index is -2.98. The van der Waals surface area contributed by atoms with Gasteiger partial charge in [0.1, 0.15) is 27.6 Å². The third-order valence-corrected chi connectivity index (χ3v) is 9.50. The van der Waals surface area contributed by atoms with Crippen LogP contribution in [0.25, 0.3) is 10.8 Å². The minimum absolute atomic E-state index is 0.0337. The molecule has 0 saturated carbocycles. The molecule has 2 atom stereocenters. The van der Waals surface area contributed by atoms with Crippen molar-refractivity contribution in [1.29, 1.82) is 0 Å².